The Hall–Kier alpha value is 0.540. The molecule has 0 amide bonds. The molecule has 0 aliphatic carbocycles. The smallest absolute Gasteiger partial charge is 0.127 e. The average molecular weight is 394 g/mol. The monoisotopic (exact) mass is 394 g/mol. The predicted molar refractivity (Wildman–Crippen MR) is 73.6 cm³/mol. The van der Waals surface area contributed by atoms with E-state index in [9.17, 15) is 0 Å². The van der Waals surface area contributed by atoms with Gasteiger partial charge in [0, 0.05) is 18.8 Å². The van der Waals surface area contributed by atoms with Crippen molar-refractivity contribution in [1.82, 2.24) is 9.97 Å². The zero-order chi connectivity index (χ0) is 7.82. The normalized spacial score (nSPS) is 6.58. The van der Waals surface area contributed by atoms with Crippen molar-refractivity contribution in [3.8, 4) is 0 Å². The molecule has 72 valence electrons. The molecule has 1 heterocycles. The van der Waals surface area contributed by atoms with Crippen molar-refractivity contribution in [1.29, 1.82) is 0 Å². The van der Waals surface area contributed by atoms with Crippen molar-refractivity contribution in [3.63, 3.8) is 0 Å². The van der Waals surface area contributed by atoms with E-state index in [0.717, 1.165) is 12.2 Å². The third kappa shape index (κ3) is 8.63. The molecule has 0 atom stereocenters. The average Bonchev–Trinajstić information content (AvgIpc) is 2.10. The third-order valence-corrected chi connectivity index (χ3v) is 0.935. The molecule has 0 saturated heterocycles. The second kappa shape index (κ2) is 14.1. The Morgan fingerprint density at radius 3 is 1.75 bits per heavy atom. The molecule has 0 saturated carbocycles. The van der Waals surface area contributed by atoms with Gasteiger partial charge in [0.05, 0.1) is 0 Å². The Kier molecular flexibility index (Phi) is 21.5. The Labute approximate surface area is 109 Å². The molecule has 0 aliphatic rings. The van der Waals surface area contributed by atoms with E-state index in [1.165, 1.54) is 0 Å². The second-order valence-electron chi connectivity index (χ2n) is 1.52. The molecule has 0 unspecified atom stereocenters. The minimum absolute atomic E-state index is 0. The first kappa shape index (κ1) is 18.3. The first-order valence-corrected chi connectivity index (χ1v) is 3.69. The predicted octanol–water partition coefficient (Wildman–Crippen LogP) is 3.30. The summed E-state index contributed by atoms with van der Waals surface area (Å²) in [7, 11) is 0. The van der Waals surface area contributed by atoms with Gasteiger partial charge < -0.3 is 0 Å². The fraction of sp³-hybridized carbons (Fsp3) is 0.500. The van der Waals surface area contributed by atoms with Gasteiger partial charge in [-0.05, 0) is 6.07 Å². The van der Waals surface area contributed by atoms with Gasteiger partial charge in [0.15, 0.2) is 0 Å². The molecular formula is C8H16I2N2. The SMILES string of the molecule is CC.CCc1ncccn1.I.I. The van der Waals surface area contributed by atoms with Crippen molar-refractivity contribution in [2.75, 3.05) is 0 Å². The van der Waals surface area contributed by atoms with Crippen molar-refractivity contribution in [3.05, 3.63) is 24.3 Å². The first-order valence-electron chi connectivity index (χ1n) is 3.69. The lowest BCUT2D eigenvalue weighted by atomic mass is 10.4. The first-order chi connectivity index (χ1) is 4.93. The number of halogens is 2. The molecule has 0 aliphatic heterocycles. The summed E-state index contributed by atoms with van der Waals surface area (Å²) in [6.07, 6.45) is 4.43. The van der Waals surface area contributed by atoms with Gasteiger partial charge in [-0.25, -0.2) is 9.97 Å². The lowest BCUT2D eigenvalue weighted by Gasteiger charge is -1.87. The minimum atomic E-state index is 0. The van der Waals surface area contributed by atoms with E-state index < -0.39 is 0 Å². The molecule has 0 aromatic carbocycles. The van der Waals surface area contributed by atoms with E-state index in [1.54, 1.807) is 12.4 Å². The molecule has 1 aromatic rings. The molecular weight excluding hydrogens is 378 g/mol. The highest BCUT2D eigenvalue weighted by molar-refractivity contribution is 14.0. The van der Waals surface area contributed by atoms with Crippen molar-refractivity contribution < 1.29 is 0 Å². The van der Waals surface area contributed by atoms with E-state index >= 15 is 0 Å². The van der Waals surface area contributed by atoms with Crippen molar-refractivity contribution in [2.45, 2.75) is 27.2 Å². The number of nitrogens with zero attached hydrogens (tertiary/aromatic N) is 2. The standard InChI is InChI=1S/C6H8N2.C2H6.2HI/c1-2-6-7-4-3-5-8-6;1-2;;/h3-5H,2H2,1H3;1-2H3;2*1H. The molecule has 0 N–H and O–H groups in total. The van der Waals surface area contributed by atoms with Gasteiger partial charge in [0.2, 0.25) is 0 Å². The highest BCUT2D eigenvalue weighted by Gasteiger charge is 1.83. The molecule has 0 radical (unpaired) electrons. The zero-order valence-electron chi connectivity index (χ0n) is 7.65. The zero-order valence-corrected chi connectivity index (χ0v) is 12.3. The largest absolute Gasteiger partial charge is 0.241 e. The van der Waals surface area contributed by atoms with Gasteiger partial charge in [-0.2, -0.15) is 0 Å². The Balaban J connectivity index is -0.000000189. The fourth-order valence-electron chi connectivity index (χ4n) is 0.513. The molecule has 0 bridgehead atoms. The molecule has 2 nitrogen and oxygen atoms in total. The number of rotatable bonds is 1. The summed E-state index contributed by atoms with van der Waals surface area (Å²) in [6, 6.07) is 1.82. The van der Waals surface area contributed by atoms with Crippen LogP contribution < -0.4 is 0 Å². The number of aromatic nitrogens is 2. The number of hydrogen-bond acceptors (Lipinski definition) is 2. The van der Waals surface area contributed by atoms with Gasteiger partial charge in [-0.15, -0.1) is 48.0 Å². The van der Waals surface area contributed by atoms with E-state index in [0.29, 0.717) is 0 Å². The highest BCUT2D eigenvalue weighted by Crippen LogP contribution is 1.85. The van der Waals surface area contributed by atoms with Crippen LogP contribution in [-0.4, -0.2) is 9.97 Å². The summed E-state index contributed by atoms with van der Waals surface area (Å²) in [5.74, 6) is 0.910. The summed E-state index contributed by atoms with van der Waals surface area (Å²) >= 11 is 0. The van der Waals surface area contributed by atoms with Gasteiger partial charge in [-0.3, -0.25) is 0 Å². The number of aryl methyl sites for hydroxylation is 1. The summed E-state index contributed by atoms with van der Waals surface area (Å²) in [5.41, 5.74) is 0. The summed E-state index contributed by atoms with van der Waals surface area (Å²) in [4.78, 5) is 7.97. The van der Waals surface area contributed by atoms with Crippen LogP contribution in [0.3, 0.4) is 0 Å². The van der Waals surface area contributed by atoms with Crippen LogP contribution in [0.15, 0.2) is 18.5 Å². The molecule has 4 heteroatoms. The third-order valence-electron chi connectivity index (χ3n) is 0.935. The van der Waals surface area contributed by atoms with Crippen molar-refractivity contribution in [2.24, 2.45) is 0 Å². The second-order valence-corrected chi connectivity index (χ2v) is 1.52. The van der Waals surface area contributed by atoms with Crippen LogP contribution in [-0.2, 0) is 6.42 Å². The van der Waals surface area contributed by atoms with Gasteiger partial charge >= 0.3 is 0 Å². The lowest BCUT2D eigenvalue weighted by molar-refractivity contribution is 0.939. The fourth-order valence-corrected chi connectivity index (χ4v) is 0.513. The topological polar surface area (TPSA) is 25.8 Å². The van der Waals surface area contributed by atoms with E-state index in [4.69, 9.17) is 0 Å². The van der Waals surface area contributed by atoms with E-state index in [2.05, 4.69) is 9.97 Å². The van der Waals surface area contributed by atoms with Crippen LogP contribution in [0.1, 0.15) is 26.6 Å². The van der Waals surface area contributed by atoms with Crippen LogP contribution in [0.25, 0.3) is 0 Å². The Bertz CT molecular complexity index is 156. The quantitative estimate of drug-likeness (QED) is 0.684. The Morgan fingerprint density at radius 2 is 1.50 bits per heavy atom. The summed E-state index contributed by atoms with van der Waals surface area (Å²) < 4.78 is 0. The van der Waals surface area contributed by atoms with Crippen LogP contribution in [0.4, 0.5) is 0 Å². The molecule has 0 spiro atoms. The van der Waals surface area contributed by atoms with Crippen molar-refractivity contribution >= 4 is 48.0 Å². The van der Waals surface area contributed by atoms with E-state index in [1.807, 2.05) is 26.8 Å². The Morgan fingerprint density at radius 1 is 1.08 bits per heavy atom. The summed E-state index contributed by atoms with van der Waals surface area (Å²) in [6.45, 7) is 6.04. The molecule has 1 aromatic heterocycles. The molecule has 12 heavy (non-hydrogen) atoms. The molecule has 0 fully saturated rings. The van der Waals surface area contributed by atoms with Gasteiger partial charge in [-0.1, -0.05) is 20.8 Å². The van der Waals surface area contributed by atoms with Crippen LogP contribution in [0.2, 0.25) is 0 Å². The van der Waals surface area contributed by atoms with E-state index in [-0.39, 0.29) is 48.0 Å². The van der Waals surface area contributed by atoms with Gasteiger partial charge in [0.25, 0.3) is 0 Å². The highest BCUT2D eigenvalue weighted by atomic mass is 127. The molecule has 1 rings (SSSR count). The van der Waals surface area contributed by atoms with Crippen LogP contribution in [0, 0.1) is 0 Å². The van der Waals surface area contributed by atoms with Gasteiger partial charge in [0.1, 0.15) is 5.82 Å². The summed E-state index contributed by atoms with van der Waals surface area (Å²) in [5, 5.41) is 0. The number of hydrogen-bond donors (Lipinski definition) is 0. The maximum atomic E-state index is 3.99. The maximum Gasteiger partial charge on any atom is 0.127 e. The maximum absolute atomic E-state index is 3.99. The van der Waals surface area contributed by atoms with Crippen LogP contribution >= 0.6 is 48.0 Å². The minimum Gasteiger partial charge on any atom is -0.241 e. The van der Waals surface area contributed by atoms with Crippen LogP contribution in [0.5, 0.6) is 0 Å². The lowest BCUT2D eigenvalue weighted by Crippen LogP contribution is -1.87.